The molecule has 2 amide bonds. The van der Waals surface area contributed by atoms with Crippen molar-refractivity contribution in [3.8, 4) is 0 Å². The third-order valence-corrected chi connectivity index (χ3v) is 3.86. The van der Waals surface area contributed by atoms with Gasteiger partial charge in [-0.05, 0) is 24.8 Å². The number of nitrogens with one attached hydrogen (secondary N) is 1. The van der Waals surface area contributed by atoms with E-state index in [1.165, 1.54) is 4.90 Å². The molecule has 0 aromatic heterocycles. The van der Waals surface area contributed by atoms with Gasteiger partial charge in [0.05, 0.1) is 0 Å². The Kier molecular flexibility index (Phi) is 6.60. The van der Waals surface area contributed by atoms with Crippen LogP contribution in [0.15, 0.2) is 30.3 Å². The van der Waals surface area contributed by atoms with Crippen LogP contribution in [0.5, 0.6) is 0 Å². The van der Waals surface area contributed by atoms with E-state index in [-0.39, 0.29) is 25.5 Å². The summed E-state index contributed by atoms with van der Waals surface area (Å²) in [6.07, 6.45) is 1.21. The van der Waals surface area contributed by atoms with Crippen LogP contribution >= 0.6 is 0 Å². The minimum Gasteiger partial charge on any atom is -0.481 e. The number of carboxylic acids is 1. The third kappa shape index (κ3) is 5.26. The molecule has 1 heterocycles. The zero-order valence-electron chi connectivity index (χ0n) is 13.4. The van der Waals surface area contributed by atoms with Crippen molar-refractivity contribution in [1.29, 1.82) is 0 Å². The number of hydrogen-bond acceptors (Lipinski definition) is 4. The highest BCUT2D eigenvalue weighted by Crippen LogP contribution is 2.19. The van der Waals surface area contributed by atoms with Crippen molar-refractivity contribution in [2.45, 2.75) is 38.3 Å². The summed E-state index contributed by atoms with van der Waals surface area (Å²) in [5.41, 5.74) is 0.889. The van der Waals surface area contributed by atoms with Crippen LogP contribution in [-0.4, -0.2) is 47.1 Å². The summed E-state index contributed by atoms with van der Waals surface area (Å²) in [6, 6.07) is 8.81. The Bertz CT molecular complexity index is 576. The molecule has 130 valence electrons. The lowest BCUT2D eigenvalue weighted by Crippen LogP contribution is -2.46. The molecule has 0 spiro atoms. The molecular weight excluding hydrogens is 312 g/mol. The Balaban J connectivity index is 1.79. The van der Waals surface area contributed by atoms with Crippen LogP contribution in [0.25, 0.3) is 0 Å². The highest BCUT2D eigenvalue weighted by atomic mass is 16.6. The van der Waals surface area contributed by atoms with Gasteiger partial charge in [0.25, 0.3) is 0 Å². The molecule has 1 fully saturated rings. The van der Waals surface area contributed by atoms with E-state index >= 15 is 0 Å². The summed E-state index contributed by atoms with van der Waals surface area (Å²) in [5, 5.41) is 11.3. The molecule has 0 bridgehead atoms. The molecule has 2 N–H and O–H groups in total. The summed E-state index contributed by atoms with van der Waals surface area (Å²) >= 11 is 0. The van der Waals surface area contributed by atoms with Gasteiger partial charge in [0, 0.05) is 19.5 Å². The van der Waals surface area contributed by atoms with Crippen molar-refractivity contribution in [1.82, 2.24) is 10.2 Å². The standard InChI is InChI=1S/C17H22N2O5/c20-15(21)9-4-10-18-16(22)14-8-5-11-19(14)17(23)24-12-13-6-2-1-3-7-13/h1-3,6-7,14H,4-5,8-12H2,(H,18,22)(H,20,21)/t14-/m0/s1. The first kappa shape index (κ1) is 17.8. The molecule has 0 unspecified atom stereocenters. The predicted octanol–water partition coefficient (Wildman–Crippen LogP) is 1.77. The minimum atomic E-state index is -0.892. The van der Waals surface area contributed by atoms with Gasteiger partial charge in [-0.3, -0.25) is 14.5 Å². The van der Waals surface area contributed by atoms with Gasteiger partial charge in [0.1, 0.15) is 12.6 Å². The SMILES string of the molecule is O=C(O)CCCNC(=O)[C@@H]1CCCN1C(=O)OCc1ccccc1. The normalized spacial score (nSPS) is 16.7. The van der Waals surface area contributed by atoms with Crippen LogP contribution < -0.4 is 5.32 Å². The Hall–Kier alpha value is -2.57. The maximum Gasteiger partial charge on any atom is 0.410 e. The number of ether oxygens (including phenoxy) is 1. The van der Waals surface area contributed by atoms with E-state index in [1.807, 2.05) is 30.3 Å². The topological polar surface area (TPSA) is 95.9 Å². The van der Waals surface area contributed by atoms with E-state index in [1.54, 1.807) is 0 Å². The van der Waals surface area contributed by atoms with Gasteiger partial charge >= 0.3 is 12.1 Å². The molecule has 1 atom stereocenters. The lowest BCUT2D eigenvalue weighted by Gasteiger charge is -2.23. The van der Waals surface area contributed by atoms with E-state index < -0.39 is 18.1 Å². The van der Waals surface area contributed by atoms with E-state index in [0.29, 0.717) is 19.4 Å². The summed E-state index contributed by atoms with van der Waals surface area (Å²) in [5.74, 6) is -1.15. The van der Waals surface area contributed by atoms with Crippen LogP contribution in [0.1, 0.15) is 31.2 Å². The number of hydrogen-bond donors (Lipinski definition) is 2. The largest absolute Gasteiger partial charge is 0.481 e. The maximum absolute atomic E-state index is 12.2. The summed E-state index contributed by atoms with van der Waals surface area (Å²) < 4.78 is 5.28. The summed E-state index contributed by atoms with van der Waals surface area (Å²) in [7, 11) is 0. The molecule has 0 radical (unpaired) electrons. The van der Waals surface area contributed by atoms with E-state index in [2.05, 4.69) is 5.32 Å². The van der Waals surface area contributed by atoms with Gasteiger partial charge in [-0.1, -0.05) is 30.3 Å². The van der Waals surface area contributed by atoms with E-state index in [9.17, 15) is 14.4 Å². The van der Waals surface area contributed by atoms with Crippen molar-refractivity contribution in [3.05, 3.63) is 35.9 Å². The molecule has 1 aliphatic heterocycles. The van der Waals surface area contributed by atoms with Crippen LogP contribution in [0.2, 0.25) is 0 Å². The zero-order chi connectivity index (χ0) is 17.4. The van der Waals surface area contributed by atoms with Gasteiger partial charge in [0.15, 0.2) is 0 Å². The average molecular weight is 334 g/mol. The second-order valence-corrected chi connectivity index (χ2v) is 5.68. The van der Waals surface area contributed by atoms with Gasteiger partial charge in [-0.15, -0.1) is 0 Å². The summed E-state index contributed by atoms with van der Waals surface area (Å²) in [4.78, 5) is 36.3. The van der Waals surface area contributed by atoms with Crippen molar-refractivity contribution < 1.29 is 24.2 Å². The van der Waals surface area contributed by atoms with E-state index in [0.717, 1.165) is 12.0 Å². The van der Waals surface area contributed by atoms with Gasteiger partial charge < -0.3 is 15.2 Å². The molecule has 2 rings (SSSR count). The Labute approximate surface area is 140 Å². The molecular formula is C17H22N2O5. The number of carboxylic acid groups (broad SMARTS) is 1. The Morgan fingerprint density at radius 3 is 2.71 bits per heavy atom. The number of rotatable bonds is 7. The molecule has 0 aliphatic carbocycles. The molecule has 1 saturated heterocycles. The number of nitrogens with zero attached hydrogens (tertiary/aromatic N) is 1. The molecule has 1 aliphatic rings. The molecule has 7 nitrogen and oxygen atoms in total. The first-order chi connectivity index (χ1) is 11.6. The fraction of sp³-hybridized carbons (Fsp3) is 0.471. The summed E-state index contributed by atoms with van der Waals surface area (Å²) in [6.45, 7) is 0.943. The Morgan fingerprint density at radius 2 is 2.00 bits per heavy atom. The fourth-order valence-electron chi connectivity index (χ4n) is 2.63. The monoisotopic (exact) mass is 334 g/mol. The van der Waals surface area contributed by atoms with Crippen LogP contribution in [-0.2, 0) is 20.9 Å². The number of aliphatic carboxylic acids is 1. The number of carbonyl (C=O) groups excluding carboxylic acids is 2. The van der Waals surface area contributed by atoms with Crippen molar-refractivity contribution in [2.75, 3.05) is 13.1 Å². The van der Waals surface area contributed by atoms with Crippen molar-refractivity contribution in [2.24, 2.45) is 0 Å². The second-order valence-electron chi connectivity index (χ2n) is 5.68. The van der Waals surface area contributed by atoms with Crippen LogP contribution in [0.3, 0.4) is 0 Å². The molecule has 24 heavy (non-hydrogen) atoms. The van der Waals surface area contributed by atoms with E-state index in [4.69, 9.17) is 9.84 Å². The van der Waals surface area contributed by atoms with Gasteiger partial charge in [0.2, 0.25) is 5.91 Å². The second kappa shape index (κ2) is 8.90. The minimum absolute atomic E-state index is 0.00772. The lowest BCUT2D eigenvalue weighted by atomic mass is 10.2. The number of amides is 2. The molecule has 0 saturated carbocycles. The van der Waals surface area contributed by atoms with Gasteiger partial charge in [-0.25, -0.2) is 4.79 Å². The molecule has 1 aromatic carbocycles. The Morgan fingerprint density at radius 1 is 1.25 bits per heavy atom. The first-order valence-electron chi connectivity index (χ1n) is 8.05. The average Bonchev–Trinajstić information content (AvgIpc) is 3.07. The maximum atomic E-state index is 12.2. The van der Waals surface area contributed by atoms with Crippen LogP contribution in [0.4, 0.5) is 4.79 Å². The van der Waals surface area contributed by atoms with Crippen molar-refractivity contribution in [3.63, 3.8) is 0 Å². The van der Waals surface area contributed by atoms with Crippen LogP contribution in [0, 0.1) is 0 Å². The zero-order valence-corrected chi connectivity index (χ0v) is 13.4. The predicted molar refractivity (Wildman–Crippen MR) is 86.2 cm³/mol. The number of carbonyl (C=O) groups is 3. The van der Waals surface area contributed by atoms with Gasteiger partial charge in [-0.2, -0.15) is 0 Å². The highest BCUT2D eigenvalue weighted by Gasteiger charge is 2.34. The fourth-order valence-corrected chi connectivity index (χ4v) is 2.63. The molecule has 1 aromatic rings. The third-order valence-electron chi connectivity index (χ3n) is 3.86. The van der Waals surface area contributed by atoms with Crippen molar-refractivity contribution >= 4 is 18.0 Å². The quantitative estimate of drug-likeness (QED) is 0.741. The number of likely N-dealkylation sites (tertiary alicyclic amines) is 1. The smallest absolute Gasteiger partial charge is 0.410 e. The number of benzene rings is 1. The first-order valence-corrected chi connectivity index (χ1v) is 8.05. The lowest BCUT2D eigenvalue weighted by molar-refractivity contribution is -0.137. The molecule has 7 heteroatoms. The highest BCUT2D eigenvalue weighted by molar-refractivity contribution is 5.86.